The summed E-state index contributed by atoms with van der Waals surface area (Å²) in [6.07, 6.45) is 4.15. The van der Waals surface area contributed by atoms with Crippen molar-refractivity contribution in [1.82, 2.24) is 14.5 Å². The van der Waals surface area contributed by atoms with E-state index < -0.39 is 0 Å². The number of nitrogens with zero attached hydrogens (tertiary/aromatic N) is 2. The molecule has 1 N–H and O–H groups in total. The van der Waals surface area contributed by atoms with E-state index in [0.717, 1.165) is 13.1 Å². The number of amides is 1. The Bertz CT molecular complexity index is 365. The van der Waals surface area contributed by atoms with Crippen molar-refractivity contribution in [3.63, 3.8) is 0 Å². The van der Waals surface area contributed by atoms with Crippen LogP contribution in [0.25, 0.3) is 0 Å². The highest BCUT2D eigenvalue weighted by molar-refractivity contribution is 7.71. The van der Waals surface area contributed by atoms with Gasteiger partial charge in [0, 0.05) is 38.4 Å². The molecular formula is C10H17N3OS. The molecule has 0 aliphatic carbocycles. The number of rotatable bonds is 5. The van der Waals surface area contributed by atoms with Crippen molar-refractivity contribution in [2.75, 3.05) is 13.1 Å². The van der Waals surface area contributed by atoms with E-state index in [2.05, 4.69) is 4.98 Å². The van der Waals surface area contributed by atoms with Crippen LogP contribution in [0.1, 0.15) is 20.3 Å². The number of aromatic amines is 1. The second kappa shape index (κ2) is 5.70. The first-order valence-corrected chi connectivity index (χ1v) is 5.61. The van der Waals surface area contributed by atoms with Crippen molar-refractivity contribution in [1.29, 1.82) is 0 Å². The van der Waals surface area contributed by atoms with E-state index in [1.807, 2.05) is 29.5 Å². The summed E-state index contributed by atoms with van der Waals surface area (Å²) in [6.45, 7) is 6.17. The van der Waals surface area contributed by atoms with Gasteiger partial charge in [-0.05, 0) is 26.1 Å². The molecule has 0 aliphatic rings. The normalized spacial score (nSPS) is 10.3. The average Bonchev–Trinajstić information content (AvgIpc) is 2.63. The predicted molar refractivity (Wildman–Crippen MR) is 62.2 cm³/mol. The van der Waals surface area contributed by atoms with Crippen LogP contribution < -0.4 is 0 Å². The van der Waals surface area contributed by atoms with E-state index in [4.69, 9.17) is 12.2 Å². The maximum Gasteiger partial charge on any atom is 0.224 e. The molecule has 1 aromatic heterocycles. The molecule has 1 aromatic rings. The van der Waals surface area contributed by atoms with E-state index >= 15 is 0 Å². The molecule has 1 rings (SSSR count). The highest BCUT2D eigenvalue weighted by Gasteiger charge is 2.08. The monoisotopic (exact) mass is 227 g/mol. The first-order chi connectivity index (χ1) is 7.19. The minimum Gasteiger partial charge on any atom is -0.343 e. The zero-order valence-electron chi connectivity index (χ0n) is 9.19. The van der Waals surface area contributed by atoms with E-state index in [-0.39, 0.29) is 5.91 Å². The van der Waals surface area contributed by atoms with Crippen LogP contribution in [0.5, 0.6) is 0 Å². The van der Waals surface area contributed by atoms with Gasteiger partial charge in [0.25, 0.3) is 0 Å². The largest absolute Gasteiger partial charge is 0.343 e. The molecule has 84 valence electrons. The second-order valence-corrected chi connectivity index (χ2v) is 3.66. The van der Waals surface area contributed by atoms with Crippen LogP contribution in [0, 0.1) is 4.77 Å². The van der Waals surface area contributed by atoms with Gasteiger partial charge in [-0.15, -0.1) is 0 Å². The number of hydrogen-bond donors (Lipinski definition) is 1. The molecule has 0 atom stereocenters. The van der Waals surface area contributed by atoms with Gasteiger partial charge in [0.2, 0.25) is 5.91 Å². The highest BCUT2D eigenvalue weighted by Crippen LogP contribution is 1.98. The van der Waals surface area contributed by atoms with Gasteiger partial charge >= 0.3 is 0 Å². The Balaban J connectivity index is 2.47. The Morgan fingerprint density at radius 2 is 2.20 bits per heavy atom. The number of carbonyl (C=O) groups excluding carboxylic acids is 1. The fourth-order valence-corrected chi connectivity index (χ4v) is 1.70. The van der Waals surface area contributed by atoms with Crippen LogP contribution in [-0.4, -0.2) is 33.4 Å². The summed E-state index contributed by atoms with van der Waals surface area (Å²) < 4.78 is 2.54. The van der Waals surface area contributed by atoms with Crippen LogP contribution in [0.3, 0.4) is 0 Å². The molecule has 0 fully saturated rings. The summed E-state index contributed by atoms with van der Waals surface area (Å²) in [7, 11) is 0. The molecule has 5 heteroatoms. The molecule has 0 saturated carbocycles. The van der Waals surface area contributed by atoms with Crippen molar-refractivity contribution in [3.8, 4) is 0 Å². The summed E-state index contributed by atoms with van der Waals surface area (Å²) >= 11 is 5.04. The molecule has 0 aromatic carbocycles. The van der Waals surface area contributed by atoms with Crippen molar-refractivity contribution in [2.45, 2.75) is 26.8 Å². The third-order valence-electron chi connectivity index (χ3n) is 2.40. The minimum atomic E-state index is 0.183. The second-order valence-electron chi connectivity index (χ2n) is 3.27. The molecule has 4 nitrogen and oxygen atoms in total. The maximum absolute atomic E-state index is 11.7. The molecule has 1 heterocycles. The summed E-state index contributed by atoms with van der Waals surface area (Å²) in [5.41, 5.74) is 0. The molecule has 0 radical (unpaired) electrons. The molecule has 0 spiro atoms. The molecule has 0 bridgehead atoms. The van der Waals surface area contributed by atoms with E-state index in [1.165, 1.54) is 0 Å². The van der Waals surface area contributed by atoms with Crippen LogP contribution in [-0.2, 0) is 11.3 Å². The summed E-state index contributed by atoms with van der Waals surface area (Å²) in [5.74, 6) is 0.183. The Kier molecular flexibility index (Phi) is 4.55. The molecular weight excluding hydrogens is 210 g/mol. The number of H-pyrrole nitrogens is 1. The standard InChI is InChI=1S/C10H17N3OS/c1-3-12(4-2)9(14)5-7-13-8-6-11-10(13)15/h6,8H,3-5,7H2,1-2H3,(H,11,15). The minimum absolute atomic E-state index is 0.183. The fraction of sp³-hybridized carbons (Fsp3) is 0.600. The van der Waals surface area contributed by atoms with Crippen LogP contribution in [0.4, 0.5) is 0 Å². The van der Waals surface area contributed by atoms with Gasteiger partial charge in [0.15, 0.2) is 4.77 Å². The van der Waals surface area contributed by atoms with Gasteiger partial charge in [-0.25, -0.2) is 0 Å². The lowest BCUT2D eigenvalue weighted by molar-refractivity contribution is -0.131. The first-order valence-electron chi connectivity index (χ1n) is 5.20. The van der Waals surface area contributed by atoms with Crippen molar-refractivity contribution >= 4 is 18.1 Å². The van der Waals surface area contributed by atoms with E-state index in [1.54, 1.807) is 6.20 Å². The van der Waals surface area contributed by atoms with Gasteiger partial charge in [0.05, 0.1) is 0 Å². The molecule has 0 saturated heterocycles. The van der Waals surface area contributed by atoms with E-state index in [0.29, 0.717) is 17.7 Å². The number of hydrogen-bond acceptors (Lipinski definition) is 2. The van der Waals surface area contributed by atoms with Crippen LogP contribution in [0.15, 0.2) is 12.4 Å². The summed E-state index contributed by atoms with van der Waals surface area (Å²) in [6, 6.07) is 0. The van der Waals surface area contributed by atoms with Crippen molar-refractivity contribution in [3.05, 3.63) is 17.2 Å². The Morgan fingerprint density at radius 1 is 1.53 bits per heavy atom. The lowest BCUT2D eigenvalue weighted by Crippen LogP contribution is -2.31. The van der Waals surface area contributed by atoms with Crippen LogP contribution in [0.2, 0.25) is 0 Å². The molecule has 1 amide bonds. The average molecular weight is 227 g/mol. The zero-order valence-corrected chi connectivity index (χ0v) is 10.0. The van der Waals surface area contributed by atoms with Gasteiger partial charge in [-0.1, -0.05) is 0 Å². The number of aryl methyl sites for hydroxylation is 1. The molecule has 0 unspecified atom stereocenters. The lowest BCUT2D eigenvalue weighted by atomic mass is 10.3. The zero-order chi connectivity index (χ0) is 11.3. The topological polar surface area (TPSA) is 41.0 Å². The Hall–Kier alpha value is -1.10. The lowest BCUT2D eigenvalue weighted by Gasteiger charge is -2.18. The third-order valence-corrected chi connectivity index (χ3v) is 2.76. The van der Waals surface area contributed by atoms with Gasteiger partial charge in [0.1, 0.15) is 0 Å². The summed E-state index contributed by atoms with van der Waals surface area (Å²) in [5, 5.41) is 0. The Labute approximate surface area is 94.9 Å². The highest BCUT2D eigenvalue weighted by atomic mass is 32.1. The fourth-order valence-electron chi connectivity index (χ4n) is 1.48. The SMILES string of the molecule is CCN(CC)C(=O)CCn1cc[nH]c1=S. The van der Waals surface area contributed by atoms with Crippen molar-refractivity contribution in [2.24, 2.45) is 0 Å². The van der Waals surface area contributed by atoms with Gasteiger partial charge in [-0.2, -0.15) is 0 Å². The molecule has 15 heavy (non-hydrogen) atoms. The summed E-state index contributed by atoms with van der Waals surface area (Å²) in [4.78, 5) is 16.4. The predicted octanol–water partition coefficient (Wildman–Crippen LogP) is 1.80. The quantitative estimate of drug-likeness (QED) is 0.779. The number of carbonyl (C=O) groups is 1. The number of imidazole rings is 1. The number of nitrogens with one attached hydrogen (secondary N) is 1. The third kappa shape index (κ3) is 3.20. The number of aromatic nitrogens is 2. The maximum atomic E-state index is 11.7. The first kappa shape index (κ1) is 12.0. The smallest absolute Gasteiger partial charge is 0.224 e. The van der Waals surface area contributed by atoms with Gasteiger partial charge in [-0.3, -0.25) is 4.79 Å². The van der Waals surface area contributed by atoms with E-state index in [9.17, 15) is 4.79 Å². The molecule has 0 aliphatic heterocycles. The van der Waals surface area contributed by atoms with Crippen LogP contribution >= 0.6 is 12.2 Å². The van der Waals surface area contributed by atoms with Crippen molar-refractivity contribution < 1.29 is 4.79 Å². The Morgan fingerprint density at radius 3 is 2.67 bits per heavy atom. The van der Waals surface area contributed by atoms with Gasteiger partial charge < -0.3 is 14.5 Å².